The topological polar surface area (TPSA) is 127 Å². The van der Waals surface area contributed by atoms with Crippen molar-refractivity contribution in [2.75, 3.05) is 38.1 Å². The van der Waals surface area contributed by atoms with Crippen molar-refractivity contribution in [1.29, 1.82) is 0 Å². The lowest BCUT2D eigenvalue weighted by Gasteiger charge is -2.35. The first kappa shape index (κ1) is 28.3. The Balaban J connectivity index is 1.49. The average Bonchev–Trinajstić information content (AvgIpc) is 3.41. The molecule has 0 saturated carbocycles. The highest BCUT2D eigenvalue weighted by Gasteiger charge is 2.36. The largest absolute Gasteiger partial charge is 0.450 e. The molecule has 1 atom stereocenters. The van der Waals surface area contributed by atoms with Gasteiger partial charge in [-0.3, -0.25) is 14.3 Å². The number of anilines is 1. The van der Waals surface area contributed by atoms with Gasteiger partial charge in [-0.25, -0.2) is 14.3 Å². The third-order valence-corrected chi connectivity index (χ3v) is 6.93. The van der Waals surface area contributed by atoms with Crippen LogP contribution in [0.5, 0.6) is 0 Å². The second kappa shape index (κ2) is 10.8. The van der Waals surface area contributed by atoms with Gasteiger partial charge in [0.2, 0.25) is 5.91 Å². The molecule has 210 valence electrons. The lowest BCUT2D eigenvalue weighted by Crippen LogP contribution is -2.52. The lowest BCUT2D eigenvalue weighted by molar-refractivity contribution is -0.142. The summed E-state index contributed by atoms with van der Waals surface area (Å²) in [5, 5.41) is 10.8. The second-order valence-corrected chi connectivity index (χ2v) is 9.72. The van der Waals surface area contributed by atoms with Crippen molar-refractivity contribution in [2.45, 2.75) is 39.9 Å². The average molecular weight is 615 g/mol. The van der Waals surface area contributed by atoms with Gasteiger partial charge in [0.25, 0.3) is 5.91 Å². The van der Waals surface area contributed by atoms with E-state index in [0.717, 1.165) is 6.07 Å². The normalized spacial score (nSPS) is 15.0. The number of halogens is 4. The van der Waals surface area contributed by atoms with Crippen LogP contribution in [-0.4, -0.2) is 84.9 Å². The number of piperazine rings is 1. The summed E-state index contributed by atoms with van der Waals surface area (Å²) in [4.78, 5) is 45.2. The Morgan fingerprint density at radius 2 is 1.77 bits per heavy atom. The molecule has 4 rings (SSSR count). The molecule has 3 amide bonds. The van der Waals surface area contributed by atoms with Crippen LogP contribution >= 0.6 is 15.9 Å². The highest BCUT2D eigenvalue weighted by molar-refractivity contribution is 9.10. The highest BCUT2D eigenvalue weighted by Crippen LogP contribution is 2.32. The number of alkyl halides is 3. The molecule has 4 heterocycles. The van der Waals surface area contributed by atoms with Gasteiger partial charge >= 0.3 is 12.3 Å². The van der Waals surface area contributed by atoms with Crippen molar-refractivity contribution in [3.8, 4) is 0 Å². The number of aromatic nitrogens is 5. The first-order chi connectivity index (χ1) is 18.3. The molecule has 1 unspecified atom stereocenters. The molecule has 1 saturated heterocycles. The van der Waals surface area contributed by atoms with Crippen LogP contribution in [0, 0.1) is 13.8 Å². The fourth-order valence-corrected chi connectivity index (χ4v) is 4.66. The summed E-state index contributed by atoms with van der Waals surface area (Å²) in [5.41, 5.74) is -0.753. The van der Waals surface area contributed by atoms with Crippen molar-refractivity contribution in [3.05, 3.63) is 39.5 Å². The molecular formula is C23H26BrF3N8O4. The van der Waals surface area contributed by atoms with Crippen molar-refractivity contribution in [3.63, 3.8) is 0 Å². The smallest absolute Gasteiger partial charge is 0.433 e. The first-order valence-electron chi connectivity index (χ1n) is 12.0. The minimum absolute atomic E-state index is 0.00440. The van der Waals surface area contributed by atoms with E-state index in [1.807, 2.05) is 0 Å². The Morgan fingerprint density at radius 1 is 1.13 bits per heavy atom. The number of fused-ring (bicyclic) bond motifs is 1. The maximum absolute atomic E-state index is 13.5. The molecule has 0 radical (unpaired) electrons. The maximum Gasteiger partial charge on any atom is 0.433 e. The number of amides is 3. The van der Waals surface area contributed by atoms with Gasteiger partial charge in [0.15, 0.2) is 11.3 Å². The number of aryl methyl sites for hydroxylation is 2. The molecule has 0 spiro atoms. The molecule has 1 aliphatic rings. The van der Waals surface area contributed by atoms with Gasteiger partial charge in [-0.1, -0.05) is 0 Å². The summed E-state index contributed by atoms with van der Waals surface area (Å²) < 4.78 is 47.6. The molecule has 3 aromatic rings. The molecular weight excluding hydrogens is 589 g/mol. The van der Waals surface area contributed by atoms with E-state index < -0.39 is 29.9 Å². The van der Waals surface area contributed by atoms with Crippen LogP contribution in [0.3, 0.4) is 0 Å². The van der Waals surface area contributed by atoms with Gasteiger partial charge in [0, 0.05) is 38.1 Å². The molecule has 1 fully saturated rings. The van der Waals surface area contributed by atoms with Crippen LogP contribution < -0.4 is 5.32 Å². The molecule has 0 bridgehead atoms. The van der Waals surface area contributed by atoms with E-state index in [1.165, 1.54) is 22.7 Å². The Bertz CT molecular complexity index is 1430. The van der Waals surface area contributed by atoms with E-state index in [0.29, 0.717) is 36.4 Å². The molecule has 0 aliphatic carbocycles. The fourth-order valence-electron chi connectivity index (χ4n) is 4.15. The Hall–Kier alpha value is -3.69. The van der Waals surface area contributed by atoms with Gasteiger partial charge in [0.05, 0.1) is 22.5 Å². The zero-order valence-electron chi connectivity index (χ0n) is 21.5. The molecule has 12 nitrogen and oxygen atoms in total. The van der Waals surface area contributed by atoms with E-state index in [4.69, 9.17) is 4.74 Å². The minimum Gasteiger partial charge on any atom is -0.450 e. The summed E-state index contributed by atoms with van der Waals surface area (Å²) in [6, 6.07) is 0.129. The van der Waals surface area contributed by atoms with Gasteiger partial charge in [-0.15, -0.1) is 0 Å². The van der Waals surface area contributed by atoms with Crippen LogP contribution in [0.4, 0.5) is 23.7 Å². The predicted octanol–water partition coefficient (Wildman–Crippen LogP) is 3.44. The Kier molecular flexibility index (Phi) is 7.86. The third kappa shape index (κ3) is 5.69. The van der Waals surface area contributed by atoms with Gasteiger partial charge < -0.3 is 19.9 Å². The Labute approximate surface area is 229 Å². The first-order valence-corrected chi connectivity index (χ1v) is 12.8. The summed E-state index contributed by atoms with van der Waals surface area (Å²) in [7, 11) is 0. The quantitative estimate of drug-likeness (QED) is 0.466. The fraction of sp³-hybridized carbons (Fsp3) is 0.478. The zero-order valence-corrected chi connectivity index (χ0v) is 23.1. The van der Waals surface area contributed by atoms with Gasteiger partial charge in [0.1, 0.15) is 11.7 Å². The van der Waals surface area contributed by atoms with Gasteiger partial charge in [-0.05, 0) is 49.7 Å². The number of carbonyl (C=O) groups is 3. The van der Waals surface area contributed by atoms with Crippen molar-refractivity contribution in [1.82, 2.24) is 34.2 Å². The van der Waals surface area contributed by atoms with Gasteiger partial charge in [-0.2, -0.15) is 23.4 Å². The molecule has 3 aromatic heterocycles. The van der Waals surface area contributed by atoms with Crippen molar-refractivity contribution >= 4 is 45.2 Å². The number of hydrogen-bond acceptors (Lipinski definition) is 7. The maximum atomic E-state index is 13.5. The molecule has 1 aliphatic heterocycles. The number of rotatable bonds is 5. The van der Waals surface area contributed by atoms with Crippen molar-refractivity contribution in [2.24, 2.45) is 0 Å². The number of hydrogen-bond donors (Lipinski definition) is 1. The van der Waals surface area contributed by atoms with Crippen LogP contribution in [0.25, 0.3) is 5.65 Å². The standard InChI is InChI=1S/C23H26BrF3N8O4/c1-5-39-22(38)33-8-6-32(7-9-33)21(37)14(4)34-11-15(13(3)30-34)29-20(36)18-17(24)19-28-12(2)10-16(23(25,26)27)35(19)31-18/h10-11,14H,5-9H2,1-4H3,(H,29,36). The van der Waals surface area contributed by atoms with E-state index in [9.17, 15) is 27.6 Å². The lowest BCUT2D eigenvalue weighted by atomic mass is 10.2. The van der Waals surface area contributed by atoms with Crippen LogP contribution in [0.15, 0.2) is 16.7 Å². The number of nitrogens with zero attached hydrogens (tertiary/aromatic N) is 7. The highest BCUT2D eigenvalue weighted by atomic mass is 79.9. The minimum atomic E-state index is -4.71. The van der Waals surface area contributed by atoms with Crippen molar-refractivity contribution < 1.29 is 32.3 Å². The SMILES string of the molecule is CCOC(=O)N1CCN(C(=O)C(C)n2cc(NC(=O)c3nn4c(C(F)(F)F)cc(C)nc4c3Br)c(C)n2)CC1. The van der Waals surface area contributed by atoms with Crippen LogP contribution in [-0.2, 0) is 15.7 Å². The third-order valence-electron chi connectivity index (χ3n) is 6.20. The molecule has 16 heteroatoms. The van der Waals surface area contributed by atoms with Crippen LogP contribution in [0.2, 0.25) is 0 Å². The van der Waals surface area contributed by atoms with E-state index >= 15 is 0 Å². The summed E-state index contributed by atoms with van der Waals surface area (Å²) >= 11 is 3.16. The van der Waals surface area contributed by atoms with E-state index in [2.05, 4.69) is 36.4 Å². The predicted molar refractivity (Wildman–Crippen MR) is 135 cm³/mol. The number of carbonyl (C=O) groups excluding carboxylic acids is 3. The summed E-state index contributed by atoms with van der Waals surface area (Å²) in [6.45, 7) is 8.03. The summed E-state index contributed by atoms with van der Waals surface area (Å²) in [5.74, 6) is -1.00. The molecule has 0 aromatic carbocycles. The van der Waals surface area contributed by atoms with E-state index in [-0.39, 0.29) is 39.7 Å². The number of nitrogens with one attached hydrogen (secondary N) is 1. The second-order valence-electron chi connectivity index (χ2n) is 8.93. The van der Waals surface area contributed by atoms with E-state index in [1.54, 1.807) is 25.7 Å². The summed E-state index contributed by atoms with van der Waals surface area (Å²) in [6.07, 6.45) is -3.66. The Morgan fingerprint density at radius 3 is 2.38 bits per heavy atom. The number of ether oxygens (including phenoxy) is 1. The molecule has 1 N–H and O–H groups in total. The monoisotopic (exact) mass is 614 g/mol. The molecule has 39 heavy (non-hydrogen) atoms. The van der Waals surface area contributed by atoms with Crippen LogP contribution in [0.1, 0.15) is 47.5 Å². The zero-order chi connectivity index (χ0) is 28.6.